The third-order valence-electron chi connectivity index (χ3n) is 2.42. The second-order valence-corrected chi connectivity index (χ2v) is 3.78. The van der Waals surface area contributed by atoms with Gasteiger partial charge in [-0.25, -0.2) is 0 Å². The molecule has 1 aromatic carbocycles. The molecule has 2 amide bonds. The van der Waals surface area contributed by atoms with Crippen molar-refractivity contribution in [2.24, 2.45) is 0 Å². The number of anilines is 1. The zero-order valence-corrected chi connectivity index (χ0v) is 10.9. The van der Waals surface area contributed by atoms with E-state index >= 15 is 0 Å². The molecule has 1 rings (SSSR count). The van der Waals surface area contributed by atoms with Crippen LogP contribution in [0.3, 0.4) is 0 Å². The lowest BCUT2D eigenvalue weighted by molar-refractivity contribution is -0.141. The van der Waals surface area contributed by atoms with Gasteiger partial charge in [0.15, 0.2) is 0 Å². The van der Waals surface area contributed by atoms with Crippen molar-refractivity contribution in [3.8, 4) is 0 Å². The number of rotatable bonds is 5. The largest absolute Gasteiger partial charge is 0.469 e. The maximum absolute atomic E-state index is 11.6. The minimum Gasteiger partial charge on any atom is -0.469 e. The molecular weight excluding hydrogens is 248 g/mol. The number of carbonyl (C=O) groups is 3. The zero-order valence-electron chi connectivity index (χ0n) is 10.9. The van der Waals surface area contributed by atoms with Gasteiger partial charge in [0.25, 0.3) is 5.91 Å². The Morgan fingerprint density at radius 3 is 2.58 bits per heavy atom. The van der Waals surface area contributed by atoms with Crippen LogP contribution >= 0.6 is 0 Å². The second-order valence-electron chi connectivity index (χ2n) is 3.78. The van der Waals surface area contributed by atoms with Crippen LogP contribution in [0.25, 0.3) is 0 Å². The van der Waals surface area contributed by atoms with Gasteiger partial charge >= 0.3 is 5.97 Å². The van der Waals surface area contributed by atoms with Crippen LogP contribution in [0.1, 0.15) is 23.2 Å². The van der Waals surface area contributed by atoms with Gasteiger partial charge in [-0.05, 0) is 18.2 Å². The van der Waals surface area contributed by atoms with Crippen molar-refractivity contribution in [1.82, 2.24) is 5.32 Å². The fourth-order valence-corrected chi connectivity index (χ4v) is 1.42. The number of nitrogens with one attached hydrogen (secondary N) is 2. The summed E-state index contributed by atoms with van der Waals surface area (Å²) in [5.41, 5.74) is 0.962. The lowest BCUT2D eigenvalue weighted by Gasteiger charge is -2.06. The smallest absolute Gasteiger partial charge is 0.306 e. The summed E-state index contributed by atoms with van der Waals surface area (Å²) >= 11 is 0. The van der Waals surface area contributed by atoms with Gasteiger partial charge in [-0.1, -0.05) is 6.07 Å². The fourth-order valence-electron chi connectivity index (χ4n) is 1.42. The minimum absolute atomic E-state index is 0.0253. The average Bonchev–Trinajstić information content (AvgIpc) is 2.44. The number of methoxy groups -OCH3 is 1. The predicted octanol–water partition coefficient (Wildman–Crippen LogP) is 0.938. The third kappa shape index (κ3) is 4.79. The lowest BCUT2D eigenvalue weighted by atomic mass is 10.2. The Hall–Kier alpha value is -2.37. The summed E-state index contributed by atoms with van der Waals surface area (Å²) < 4.78 is 4.44. The van der Waals surface area contributed by atoms with E-state index in [4.69, 9.17) is 0 Å². The Labute approximate surface area is 111 Å². The van der Waals surface area contributed by atoms with Crippen molar-refractivity contribution in [1.29, 1.82) is 0 Å². The van der Waals surface area contributed by atoms with Crippen molar-refractivity contribution in [2.45, 2.75) is 12.8 Å². The van der Waals surface area contributed by atoms with Crippen LogP contribution in [-0.2, 0) is 14.3 Å². The Balaban J connectivity index is 2.59. The number of amides is 2. The number of hydrogen-bond donors (Lipinski definition) is 2. The van der Waals surface area contributed by atoms with Gasteiger partial charge < -0.3 is 15.4 Å². The number of ether oxygens (including phenoxy) is 1. The summed E-state index contributed by atoms with van der Waals surface area (Å²) in [6.07, 6.45) is 0.0638. The van der Waals surface area contributed by atoms with Gasteiger partial charge in [0.2, 0.25) is 5.91 Å². The van der Waals surface area contributed by atoms with Crippen LogP contribution in [-0.4, -0.2) is 31.9 Å². The fraction of sp³-hybridized carbons (Fsp3) is 0.308. The first-order valence-corrected chi connectivity index (χ1v) is 5.75. The zero-order chi connectivity index (χ0) is 14.3. The van der Waals surface area contributed by atoms with Crippen molar-refractivity contribution >= 4 is 23.5 Å². The number of hydrogen-bond acceptors (Lipinski definition) is 4. The van der Waals surface area contributed by atoms with E-state index in [2.05, 4.69) is 15.4 Å². The van der Waals surface area contributed by atoms with Gasteiger partial charge in [0.05, 0.1) is 13.5 Å². The van der Waals surface area contributed by atoms with Crippen molar-refractivity contribution in [2.75, 3.05) is 19.5 Å². The Kier molecular flexibility index (Phi) is 5.53. The highest BCUT2D eigenvalue weighted by Gasteiger charge is 2.08. The molecule has 0 aliphatic rings. The summed E-state index contributed by atoms with van der Waals surface area (Å²) in [7, 11) is 2.80. The second kappa shape index (κ2) is 7.15. The molecule has 0 saturated heterocycles. The maximum Gasteiger partial charge on any atom is 0.306 e. The summed E-state index contributed by atoms with van der Waals surface area (Å²) in [6.45, 7) is 0. The minimum atomic E-state index is -0.436. The van der Waals surface area contributed by atoms with Crippen molar-refractivity contribution < 1.29 is 19.1 Å². The van der Waals surface area contributed by atoms with Crippen LogP contribution in [0.5, 0.6) is 0 Å². The lowest BCUT2D eigenvalue weighted by Crippen LogP contribution is -2.18. The average molecular weight is 264 g/mol. The Morgan fingerprint density at radius 1 is 1.21 bits per heavy atom. The predicted molar refractivity (Wildman–Crippen MR) is 69.7 cm³/mol. The summed E-state index contributed by atoms with van der Waals surface area (Å²) in [6, 6.07) is 6.54. The van der Waals surface area contributed by atoms with Crippen molar-refractivity contribution in [3.63, 3.8) is 0 Å². The highest BCUT2D eigenvalue weighted by molar-refractivity contribution is 5.97. The topological polar surface area (TPSA) is 84.5 Å². The molecule has 102 valence electrons. The van der Waals surface area contributed by atoms with Gasteiger partial charge in [-0.2, -0.15) is 0 Å². The van der Waals surface area contributed by atoms with Crippen LogP contribution in [0, 0.1) is 0 Å². The maximum atomic E-state index is 11.6. The van der Waals surface area contributed by atoms with E-state index in [0.717, 1.165) is 0 Å². The number of carbonyl (C=O) groups excluding carboxylic acids is 3. The first-order chi connectivity index (χ1) is 9.06. The van der Waals surface area contributed by atoms with E-state index in [1.807, 2.05) is 0 Å². The molecule has 0 heterocycles. The molecule has 0 unspecified atom stereocenters. The molecule has 1 aromatic rings. The van der Waals surface area contributed by atoms with Crippen LogP contribution in [0.2, 0.25) is 0 Å². The molecule has 2 N–H and O–H groups in total. The molecule has 19 heavy (non-hydrogen) atoms. The van der Waals surface area contributed by atoms with E-state index < -0.39 is 5.97 Å². The highest BCUT2D eigenvalue weighted by Crippen LogP contribution is 2.11. The standard InChI is InChI=1S/C13H16N2O4/c1-14-13(18)9-4-3-5-10(8-9)15-11(16)6-7-12(17)19-2/h3-5,8H,6-7H2,1-2H3,(H,14,18)(H,15,16). The van der Waals surface area contributed by atoms with Crippen LogP contribution in [0.4, 0.5) is 5.69 Å². The first-order valence-electron chi connectivity index (χ1n) is 5.75. The van der Waals surface area contributed by atoms with Gasteiger partial charge in [-0.15, -0.1) is 0 Å². The molecule has 0 aliphatic carbocycles. The number of esters is 1. The highest BCUT2D eigenvalue weighted by atomic mass is 16.5. The Morgan fingerprint density at radius 2 is 1.95 bits per heavy atom. The molecule has 0 spiro atoms. The quantitative estimate of drug-likeness (QED) is 0.775. The summed E-state index contributed by atoms with van der Waals surface area (Å²) in [4.78, 5) is 33.9. The SMILES string of the molecule is CNC(=O)c1cccc(NC(=O)CCC(=O)OC)c1. The van der Waals surface area contributed by atoms with Gasteiger partial charge in [-0.3, -0.25) is 14.4 Å². The van der Waals surface area contributed by atoms with Crippen LogP contribution in [0.15, 0.2) is 24.3 Å². The molecule has 0 fully saturated rings. The molecule has 0 radical (unpaired) electrons. The van der Waals surface area contributed by atoms with E-state index in [0.29, 0.717) is 11.3 Å². The molecular formula is C13H16N2O4. The van der Waals surface area contributed by atoms with E-state index in [1.165, 1.54) is 14.2 Å². The molecule has 0 aliphatic heterocycles. The molecule has 6 nitrogen and oxygen atoms in total. The van der Waals surface area contributed by atoms with E-state index in [1.54, 1.807) is 24.3 Å². The molecule has 0 saturated carbocycles. The normalized spacial score (nSPS) is 9.58. The first kappa shape index (κ1) is 14.7. The molecule has 0 bridgehead atoms. The van der Waals surface area contributed by atoms with E-state index in [9.17, 15) is 14.4 Å². The summed E-state index contributed by atoms with van der Waals surface area (Å²) in [5, 5.41) is 5.11. The monoisotopic (exact) mass is 264 g/mol. The van der Waals surface area contributed by atoms with Gasteiger partial charge in [0, 0.05) is 24.7 Å². The van der Waals surface area contributed by atoms with Crippen LogP contribution < -0.4 is 10.6 Å². The van der Waals surface area contributed by atoms with Gasteiger partial charge in [0.1, 0.15) is 0 Å². The Bertz CT molecular complexity index is 485. The summed E-state index contributed by atoms with van der Waals surface area (Å²) in [5.74, 6) is -0.973. The van der Waals surface area contributed by atoms with Crippen molar-refractivity contribution in [3.05, 3.63) is 29.8 Å². The molecule has 0 atom stereocenters. The number of benzene rings is 1. The van der Waals surface area contributed by atoms with E-state index in [-0.39, 0.29) is 24.7 Å². The molecule has 6 heteroatoms. The molecule has 0 aromatic heterocycles. The third-order valence-corrected chi connectivity index (χ3v) is 2.42.